The zero-order valence-electron chi connectivity index (χ0n) is 10.8. The number of carbonyl (C=O) groups excluding carboxylic acids is 1. The molecule has 0 unspecified atom stereocenters. The Morgan fingerprint density at radius 1 is 1.37 bits per heavy atom. The van der Waals surface area contributed by atoms with Crippen LogP contribution in [0.1, 0.15) is 13.8 Å². The number of halogens is 1. The van der Waals surface area contributed by atoms with Crippen LogP contribution in [0, 0.1) is 5.82 Å². The number of sulfonamides is 1. The third-order valence-corrected chi connectivity index (χ3v) is 2.70. The Bertz CT molecular complexity index is 594. The predicted molar refractivity (Wildman–Crippen MR) is 71.8 cm³/mol. The molecule has 1 aromatic rings. The van der Waals surface area contributed by atoms with Gasteiger partial charge in [-0.25, -0.2) is 12.8 Å². The molecule has 0 aliphatic carbocycles. The Morgan fingerprint density at radius 3 is 2.42 bits per heavy atom. The van der Waals surface area contributed by atoms with E-state index in [2.05, 4.69) is 5.32 Å². The van der Waals surface area contributed by atoms with Crippen LogP contribution in [0.15, 0.2) is 18.2 Å². The molecule has 1 aromatic carbocycles. The van der Waals surface area contributed by atoms with Crippen molar-refractivity contribution in [3.8, 4) is 0 Å². The predicted octanol–water partition coefficient (Wildman–Crippen LogP) is 0.873. The molecule has 0 radical (unpaired) electrons. The van der Waals surface area contributed by atoms with E-state index in [1.54, 1.807) is 0 Å². The summed E-state index contributed by atoms with van der Waals surface area (Å²) in [4.78, 5) is 11.6. The van der Waals surface area contributed by atoms with Gasteiger partial charge in [-0.15, -0.1) is 0 Å². The van der Waals surface area contributed by atoms with Crippen molar-refractivity contribution in [2.45, 2.75) is 19.4 Å². The second-order valence-electron chi connectivity index (χ2n) is 4.74. The largest absolute Gasteiger partial charge is 0.324 e. The van der Waals surface area contributed by atoms with Gasteiger partial charge in [0.05, 0.1) is 17.5 Å². The Balaban J connectivity index is 3.00. The van der Waals surface area contributed by atoms with Crippen LogP contribution >= 0.6 is 0 Å². The monoisotopic (exact) mass is 289 g/mol. The van der Waals surface area contributed by atoms with E-state index in [-0.39, 0.29) is 11.4 Å². The Kier molecular flexibility index (Phi) is 4.16. The van der Waals surface area contributed by atoms with Gasteiger partial charge >= 0.3 is 0 Å². The van der Waals surface area contributed by atoms with Gasteiger partial charge in [0.25, 0.3) is 0 Å². The van der Waals surface area contributed by atoms with Crippen molar-refractivity contribution in [1.29, 1.82) is 0 Å². The maximum absolute atomic E-state index is 13.4. The van der Waals surface area contributed by atoms with Crippen molar-refractivity contribution in [2.24, 2.45) is 5.73 Å². The first-order chi connectivity index (χ1) is 8.49. The number of hydrogen-bond donors (Lipinski definition) is 3. The Morgan fingerprint density at radius 2 is 1.95 bits per heavy atom. The molecule has 0 aromatic heterocycles. The summed E-state index contributed by atoms with van der Waals surface area (Å²) in [6.07, 6.45) is 0.903. The maximum atomic E-state index is 13.4. The summed E-state index contributed by atoms with van der Waals surface area (Å²) in [6, 6.07) is 3.54. The molecule has 0 atom stereocenters. The third-order valence-electron chi connectivity index (χ3n) is 2.10. The van der Waals surface area contributed by atoms with Gasteiger partial charge in [-0.05, 0) is 32.0 Å². The zero-order chi connectivity index (χ0) is 14.8. The molecule has 1 rings (SSSR count). The fraction of sp³-hybridized carbons (Fsp3) is 0.364. The van der Waals surface area contributed by atoms with Gasteiger partial charge in [0.2, 0.25) is 15.9 Å². The van der Waals surface area contributed by atoms with E-state index in [1.807, 2.05) is 4.72 Å². The van der Waals surface area contributed by atoms with Gasteiger partial charge < -0.3 is 11.1 Å². The summed E-state index contributed by atoms with van der Waals surface area (Å²) in [5.41, 5.74) is 4.51. The molecular weight excluding hydrogens is 273 g/mol. The average molecular weight is 289 g/mol. The van der Waals surface area contributed by atoms with Crippen molar-refractivity contribution >= 4 is 27.3 Å². The minimum absolute atomic E-state index is 0.241. The number of anilines is 2. The van der Waals surface area contributed by atoms with E-state index in [0.29, 0.717) is 0 Å². The summed E-state index contributed by atoms with van der Waals surface area (Å²) in [5, 5.41) is 2.47. The van der Waals surface area contributed by atoms with Crippen LogP contribution in [-0.2, 0) is 14.8 Å². The first-order valence-corrected chi connectivity index (χ1v) is 7.26. The quantitative estimate of drug-likeness (QED) is 0.765. The summed E-state index contributed by atoms with van der Waals surface area (Å²) >= 11 is 0. The lowest BCUT2D eigenvalue weighted by atomic mass is 10.1. The van der Waals surface area contributed by atoms with Crippen LogP contribution in [0.4, 0.5) is 15.8 Å². The van der Waals surface area contributed by atoms with Crippen molar-refractivity contribution in [1.82, 2.24) is 0 Å². The molecule has 0 heterocycles. The first-order valence-electron chi connectivity index (χ1n) is 5.37. The van der Waals surface area contributed by atoms with E-state index < -0.39 is 27.3 Å². The van der Waals surface area contributed by atoms with E-state index in [4.69, 9.17) is 5.73 Å². The molecule has 0 saturated heterocycles. The SMILES string of the molecule is CC(C)(N)C(=O)Nc1ccc(F)c(NS(C)(=O)=O)c1. The van der Waals surface area contributed by atoms with Crippen LogP contribution in [0.3, 0.4) is 0 Å². The normalized spacial score (nSPS) is 12.1. The summed E-state index contributed by atoms with van der Waals surface area (Å²) in [5.74, 6) is -1.21. The van der Waals surface area contributed by atoms with Gasteiger partial charge in [-0.1, -0.05) is 0 Å². The lowest BCUT2D eigenvalue weighted by Gasteiger charge is -2.18. The number of rotatable bonds is 4. The lowest BCUT2D eigenvalue weighted by Crippen LogP contribution is -2.45. The number of nitrogens with one attached hydrogen (secondary N) is 2. The van der Waals surface area contributed by atoms with E-state index in [1.165, 1.54) is 26.0 Å². The zero-order valence-corrected chi connectivity index (χ0v) is 11.6. The van der Waals surface area contributed by atoms with Gasteiger partial charge in [-0.3, -0.25) is 9.52 Å². The minimum Gasteiger partial charge on any atom is -0.324 e. The van der Waals surface area contributed by atoms with Crippen molar-refractivity contribution in [3.63, 3.8) is 0 Å². The molecule has 1 amide bonds. The van der Waals surface area contributed by atoms with Gasteiger partial charge in [0.1, 0.15) is 5.82 Å². The number of nitrogens with two attached hydrogens (primary N) is 1. The molecule has 0 saturated carbocycles. The first kappa shape index (κ1) is 15.4. The van der Waals surface area contributed by atoms with Crippen LogP contribution < -0.4 is 15.8 Å². The number of carbonyl (C=O) groups is 1. The third kappa shape index (κ3) is 4.84. The average Bonchev–Trinajstić information content (AvgIpc) is 2.19. The number of benzene rings is 1. The number of amides is 1. The highest BCUT2D eigenvalue weighted by Crippen LogP contribution is 2.21. The van der Waals surface area contributed by atoms with E-state index in [9.17, 15) is 17.6 Å². The molecule has 4 N–H and O–H groups in total. The molecule has 0 aliphatic rings. The fourth-order valence-electron chi connectivity index (χ4n) is 1.17. The number of hydrogen-bond acceptors (Lipinski definition) is 4. The molecule has 0 fully saturated rings. The van der Waals surface area contributed by atoms with Crippen molar-refractivity contribution < 1.29 is 17.6 Å². The molecular formula is C11H16FN3O3S. The van der Waals surface area contributed by atoms with Gasteiger partial charge in [0.15, 0.2) is 0 Å². The smallest absolute Gasteiger partial charge is 0.243 e. The standard InChI is InChI=1S/C11H16FN3O3S/c1-11(2,13)10(16)14-7-4-5-8(12)9(6-7)15-19(3,17)18/h4-6,15H,13H2,1-3H3,(H,14,16). The second kappa shape index (κ2) is 5.14. The molecule has 19 heavy (non-hydrogen) atoms. The maximum Gasteiger partial charge on any atom is 0.243 e. The van der Waals surface area contributed by atoms with Crippen molar-refractivity contribution in [3.05, 3.63) is 24.0 Å². The summed E-state index contributed by atoms with van der Waals surface area (Å²) in [6.45, 7) is 3.03. The van der Waals surface area contributed by atoms with E-state index in [0.717, 1.165) is 12.3 Å². The fourth-order valence-corrected chi connectivity index (χ4v) is 1.73. The topological polar surface area (TPSA) is 101 Å². The minimum atomic E-state index is -3.60. The molecule has 0 spiro atoms. The van der Waals surface area contributed by atoms with Crippen LogP contribution in [0.5, 0.6) is 0 Å². The van der Waals surface area contributed by atoms with Crippen LogP contribution in [-0.4, -0.2) is 26.1 Å². The van der Waals surface area contributed by atoms with Gasteiger partial charge in [0, 0.05) is 5.69 Å². The Hall–Kier alpha value is -1.67. The summed E-state index contributed by atoms with van der Waals surface area (Å²) in [7, 11) is -3.60. The van der Waals surface area contributed by atoms with E-state index >= 15 is 0 Å². The second-order valence-corrected chi connectivity index (χ2v) is 6.49. The van der Waals surface area contributed by atoms with Crippen LogP contribution in [0.25, 0.3) is 0 Å². The molecule has 106 valence electrons. The lowest BCUT2D eigenvalue weighted by molar-refractivity contribution is -0.120. The summed E-state index contributed by atoms with van der Waals surface area (Å²) < 4.78 is 37.5. The molecule has 0 aliphatic heterocycles. The van der Waals surface area contributed by atoms with Crippen molar-refractivity contribution in [2.75, 3.05) is 16.3 Å². The van der Waals surface area contributed by atoms with Gasteiger partial charge in [-0.2, -0.15) is 0 Å². The Labute approximate surface area is 111 Å². The highest BCUT2D eigenvalue weighted by atomic mass is 32.2. The highest BCUT2D eigenvalue weighted by Gasteiger charge is 2.22. The molecule has 0 bridgehead atoms. The molecule has 6 nitrogen and oxygen atoms in total. The highest BCUT2D eigenvalue weighted by molar-refractivity contribution is 7.92. The molecule has 8 heteroatoms. The van der Waals surface area contributed by atoms with Crippen LogP contribution in [0.2, 0.25) is 0 Å².